The Balaban J connectivity index is 3.09. The monoisotopic (exact) mass is 305 g/mol. The Bertz CT molecular complexity index is 497. The second kappa shape index (κ2) is 5.99. The summed E-state index contributed by atoms with van der Waals surface area (Å²) < 4.78 is 23.2. The lowest BCUT2D eigenvalue weighted by Gasteiger charge is -2.40. The highest BCUT2D eigenvalue weighted by atomic mass is 32.2. The van der Waals surface area contributed by atoms with Crippen molar-refractivity contribution in [3.8, 4) is 0 Å². The molecule has 20 heavy (non-hydrogen) atoms. The van der Waals surface area contributed by atoms with Crippen LogP contribution in [0.5, 0.6) is 0 Å². The molecule has 1 atom stereocenters. The SMILES string of the molecule is CCC(CC)(C(=O)N1CCS(=O)(=O)CC1C)C(N)=NO. The molecule has 0 radical (unpaired) electrons. The Morgan fingerprint density at radius 1 is 1.45 bits per heavy atom. The van der Waals surface area contributed by atoms with Gasteiger partial charge in [0.05, 0.1) is 11.5 Å². The van der Waals surface area contributed by atoms with Gasteiger partial charge in [0.2, 0.25) is 5.91 Å². The van der Waals surface area contributed by atoms with Crippen LogP contribution in [0.3, 0.4) is 0 Å². The average molecular weight is 305 g/mol. The standard InChI is InChI=1S/C12H23N3O4S/c1-4-12(5-2,10(13)14-17)11(16)15-6-7-20(18,19)8-9(15)3/h9,17H,4-8H2,1-3H3,(H2,13,14). The van der Waals surface area contributed by atoms with Crippen LogP contribution in [-0.2, 0) is 14.6 Å². The number of nitrogens with two attached hydrogens (primary N) is 1. The minimum Gasteiger partial charge on any atom is -0.409 e. The molecule has 0 spiro atoms. The van der Waals surface area contributed by atoms with Gasteiger partial charge in [0.15, 0.2) is 15.7 Å². The Labute approximate surface area is 119 Å². The molecular formula is C12H23N3O4S. The van der Waals surface area contributed by atoms with Crippen LogP contribution < -0.4 is 5.73 Å². The number of hydrogen-bond acceptors (Lipinski definition) is 5. The van der Waals surface area contributed by atoms with E-state index in [1.54, 1.807) is 20.8 Å². The van der Waals surface area contributed by atoms with Crippen molar-refractivity contribution in [2.75, 3.05) is 18.1 Å². The first-order valence-corrected chi connectivity index (χ1v) is 8.55. The van der Waals surface area contributed by atoms with E-state index in [2.05, 4.69) is 5.16 Å². The minimum atomic E-state index is -3.09. The van der Waals surface area contributed by atoms with Crippen LogP contribution in [0.2, 0.25) is 0 Å². The van der Waals surface area contributed by atoms with Crippen molar-refractivity contribution in [1.82, 2.24) is 4.90 Å². The maximum absolute atomic E-state index is 12.8. The van der Waals surface area contributed by atoms with E-state index in [1.807, 2.05) is 0 Å². The molecule has 1 aliphatic rings. The molecule has 3 N–H and O–H groups in total. The van der Waals surface area contributed by atoms with Gasteiger partial charge in [-0.15, -0.1) is 0 Å². The Hall–Kier alpha value is -1.31. The van der Waals surface area contributed by atoms with Crippen molar-refractivity contribution in [2.24, 2.45) is 16.3 Å². The Morgan fingerprint density at radius 2 is 2.00 bits per heavy atom. The molecule has 7 nitrogen and oxygen atoms in total. The third-order valence-electron chi connectivity index (χ3n) is 4.15. The largest absolute Gasteiger partial charge is 0.409 e. The summed E-state index contributed by atoms with van der Waals surface area (Å²) in [6.07, 6.45) is 0.794. The fourth-order valence-corrected chi connectivity index (χ4v) is 4.25. The van der Waals surface area contributed by atoms with E-state index < -0.39 is 21.3 Å². The molecule has 1 heterocycles. The molecule has 1 fully saturated rings. The van der Waals surface area contributed by atoms with Gasteiger partial charge in [-0.05, 0) is 19.8 Å². The summed E-state index contributed by atoms with van der Waals surface area (Å²) in [5, 5.41) is 11.9. The molecule has 1 rings (SSSR count). The maximum Gasteiger partial charge on any atom is 0.236 e. The average Bonchev–Trinajstić information content (AvgIpc) is 2.39. The maximum atomic E-state index is 12.8. The summed E-state index contributed by atoms with van der Waals surface area (Å²) >= 11 is 0. The number of sulfone groups is 1. The van der Waals surface area contributed by atoms with Crippen LogP contribution in [0.15, 0.2) is 5.16 Å². The van der Waals surface area contributed by atoms with E-state index in [0.717, 1.165) is 0 Å². The fourth-order valence-electron chi connectivity index (χ4n) is 2.70. The second-order valence-corrected chi connectivity index (χ2v) is 7.47. The van der Waals surface area contributed by atoms with E-state index in [1.165, 1.54) is 4.90 Å². The highest BCUT2D eigenvalue weighted by Crippen LogP contribution is 2.31. The van der Waals surface area contributed by atoms with Crippen molar-refractivity contribution >= 4 is 21.6 Å². The zero-order chi connectivity index (χ0) is 15.6. The topological polar surface area (TPSA) is 113 Å². The van der Waals surface area contributed by atoms with E-state index >= 15 is 0 Å². The predicted molar refractivity (Wildman–Crippen MR) is 76.3 cm³/mol. The zero-order valence-electron chi connectivity index (χ0n) is 12.2. The van der Waals surface area contributed by atoms with Gasteiger partial charge < -0.3 is 15.8 Å². The van der Waals surface area contributed by atoms with Gasteiger partial charge in [0.25, 0.3) is 0 Å². The molecule has 0 aromatic heterocycles. The minimum absolute atomic E-state index is 0.0389. The molecule has 1 amide bonds. The Kier molecular flexibility index (Phi) is 5.01. The summed E-state index contributed by atoms with van der Waals surface area (Å²) in [5.74, 6) is -0.463. The number of nitrogens with zero attached hydrogens (tertiary/aromatic N) is 2. The van der Waals surface area contributed by atoms with Gasteiger partial charge in [0.1, 0.15) is 5.41 Å². The highest BCUT2D eigenvalue weighted by Gasteiger charge is 2.45. The molecule has 0 aromatic carbocycles. The molecule has 8 heteroatoms. The number of hydrogen-bond donors (Lipinski definition) is 2. The first kappa shape index (κ1) is 16.7. The first-order chi connectivity index (χ1) is 9.24. The summed E-state index contributed by atoms with van der Waals surface area (Å²) in [5.41, 5.74) is 4.65. The molecule has 1 saturated heterocycles. The van der Waals surface area contributed by atoms with E-state index in [4.69, 9.17) is 10.9 Å². The molecule has 0 bridgehead atoms. The first-order valence-electron chi connectivity index (χ1n) is 6.73. The van der Waals surface area contributed by atoms with Gasteiger partial charge in [-0.1, -0.05) is 19.0 Å². The fraction of sp³-hybridized carbons (Fsp3) is 0.833. The smallest absolute Gasteiger partial charge is 0.236 e. The van der Waals surface area contributed by atoms with Crippen LogP contribution in [0.1, 0.15) is 33.6 Å². The highest BCUT2D eigenvalue weighted by molar-refractivity contribution is 7.91. The van der Waals surface area contributed by atoms with E-state index in [9.17, 15) is 13.2 Å². The van der Waals surface area contributed by atoms with Crippen LogP contribution >= 0.6 is 0 Å². The number of amidine groups is 1. The van der Waals surface area contributed by atoms with Crippen LogP contribution in [0.25, 0.3) is 0 Å². The second-order valence-electron chi connectivity index (χ2n) is 5.24. The van der Waals surface area contributed by atoms with Crippen LogP contribution in [0, 0.1) is 5.41 Å². The normalized spacial score (nSPS) is 23.6. The van der Waals surface area contributed by atoms with Crippen molar-refractivity contribution < 1.29 is 18.4 Å². The van der Waals surface area contributed by atoms with Crippen LogP contribution in [0.4, 0.5) is 0 Å². The number of oxime groups is 1. The lowest BCUT2D eigenvalue weighted by atomic mass is 9.79. The lowest BCUT2D eigenvalue weighted by molar-refractivity contribution is -0.140. The van der Waals surface area contributed by atoms with Crippen molar-refractivity contribution in [3.05, 3.63) is 0 Å². The summed E-state index contributed by atoms with van der Waals surface area (Å²) in [7, 11) is -3.09. The molecule has 0 aromatic rings. The number of amides is 1. The number of rotatable bonds is 4. The third kappa shape index (κ3) is 2.89. The Morgan fingerprint density at radius 3 is 2.40 bits per heavy atom. The molecule has 116 valence electrons. The number of carbonyl (C=O) groups is 1. The molecule has 1 aliphatic heterocycles. The van der Waals surface area contributed by atoms with Crippen LogP contribution in [-0.4, -0.2) is 54.4 Å². The summed E-state index contributed by atoms with van der Waals surface area (Å²) in [4.78, 5) is 14.3. The predicted octanol–water partition coefficient (Wildman–Crippen LogP) is 0.185. The van der Waals surface area contributed by atoms with Crippen molar-refractivity contribution in [1.29, 1.82) is 0 Å². The molecular weight excluding hydrogens is 282 g/mol. The van der Waals surface area contributed by atoms with Gasteiger partial charge in [-0.3, -0.25) is 4.79 Å². The summed E-state index contributed by atoms with van der Waals surface area (Å²) in [6.45, 7) is 5.45. The molecule has 1 unspecified atom stereocenters. The quantitative estimate of drug-likeness (QED) is 0.333. The van der Waals surface area contributed by atoms with Crippen molar-refractivity contribution in [2.45, 2.75) is 39.7 Å². The van der Waals surface area contributed by atoms with Gasteiger partial charge in [-0.2, -0.15) is 0 Å². The third-order valence-corrected chi connectivity index (χ3v) is 5.94. The summed E-state index contributed by atoms with van der Waals surface area (Å²) in [6, 6.07) is -0.398. The van der Waals surface area contributed by atoms with Gasteiger partial charge in [-0.25, -0.2) is 8.42 Å². The zero-order valence-corrected chi connectivity index (χ0v) is 13.0. The van der Waals surface area contributed by atoms with E-state index in [-0.39, 0.29) is 29.8 Å². The van der Waals surface area contributed by atoms with E-state index in [0.29, 0.717) is 12.8 Å². The van der Waals surface area contributed by atoms with Gasteiger partial charge in [0, 0.05) is 12.6 Å². The lowest BCUT2D eigenvalue weighted by Crippen LogP contribution is -2.57. The number of carbonyl (C=O) groups excluding carboxylic acids is 1. The van der Waals surface area contributed by atoms with Gasteiger partial charge >= 0.3 is 0 Å². The molecule has 0 aliphatic carbocycles. The molecule has 0 saturated carbocycles. The van der Waals surface area contributed by atoms with Crippen molar-refractivity contribution in [3.63, 3.8) is 0 Å².